The highest BCUT2D eigenvalue weighted by Gasteiger charge is 2.49. The summed E-state index contributed by atoms with van der Waals surface area (Å²) in [7, 11) is -4.34. The zero-order valence-electron chi connectivity index (χ0n) is 23.5. The summed E-state index contributed by atoms with van der Waals surface area (Å²) >= 11 is 0. The van der Waals surface area contributed by atoms with E-state index in [1.54, 1.807) is 0 Å². The Labute approximate surface area is 249 Å². The molecule has 13 nitrogen and oxygen atoms in total. The third kappa shape index (κ3) is 6.45. The molecule has 5 atom stereocenters. The minimum atomic E-state index is -4.34. The second kappa shape index (κ2) is 12.9. The van der Waals surface area contributed by atoms with Crippen LogP contribution < -0.4 is 9.47 Å². The van der Waals surface area contributed by atoms with Crippen LogP contribution in [0.15, 0.2) is 53.4 Å². The maximum absolute atomic E-state index is 14.0. The second-order valence-corrected chi connectivity index (χ2v) is 12.9. The fourth-order valence-electron chi connectivity index (χ4n) is 6.11. The second-order valence-electron chi connectivity index (χ2n) is 11.0. The van der Waals surface area contributed by atoms with Crippen molar-refractivity contribution < 1.29 is 51.9 Å². The molecule has 0 radical (unpaired) electrons. The van der Waals surface area contributed by atoms with Gasteiger partial charge in [0.15, 0.2) is 17.8 Å². The van der Waals surface area contributed by atoms with Crippen molar-refractivity contribution in [2.24, 2.45) is 5.92 Å². The molecule has 4 aliphatic heterocycles. The highest BCUT2D eigenvalue weighted by Crippen LogP contribution is 2.37. The summed E-state index contributed by atoms with van der Waals surface area (Å²) in [6, 6.07) is 11.8. The summed E-state index contributed by atoms with van der Waals surface area (Å²) in [6.45, 7) is 0.822. The Morgan fingerprint density at radius 1 is 1.00 bits per heavy atom. The molecule has 43 heavy (non-hydrogen) atoms. The number of aliphatic hydroxyl groups excluding tert-OH is 1. The van der Waals surface area contributed by atoms with Gasteiger partial charge in [-0.3, -0.25) is 9.74 Å². The van der Waals surface area contributed by atoms with Gasteiger partial charge in [-0.05, 0) is 43.4 Å². The SMILES string of the molecule is O=C(O)N(C(Cc1ccccc1)C(O)CN(OC1CCOCC1)S(=O)(=O)c1ccc2c(c1)OCO2)[C@H]1CO[C@H]2OCC[C@H]21. The lowest BCUT2D eigenvalue weighted by Gasteiger charge is -2.39. The average molecular weight is 621 g/mol. The lowest BCUT2D eigenvalue weighted by atomic mass is 9.93. The number of hydrogen-bond acceptors (Lipinski definition) is 10. The van der Waals surface area contributed by atoms with Gasteiger partial charge >= 0.3 is 6.09 Å². The van der Waals surface area contributed by atoms with Gasteiger partial charge in [-0.2, -0.15) is 0 Å². The molecule has 4 heterocycles. The van der Waals surface area contributed by atoms with E-state index in [0.29, 0.717) is 44.8 Å². The van der Waals surface area contributed by atoms with Gasteiger partial charge in [-0.1, -0.05) is 34.8 Å². The van der Waals surface area contributed by atoms with Crippen molar-refractivity contribution in [3.05, 3.63) is 54.1 Å². The molecule has 2 unspecified atom stereocenters. The topological polar surface area (TPSA) is 154 Å². The number of hydroxylamine groups is 1. The van der Waals surface area contributed by atoms with Gasteiger partial charge in [0.2, 0.25) is 6.79 Å². The molecule has 234 valence electrons. The molecule has 3 saturated heterocycles. The lowest BCUT2D eigenvalue weighted by Crippen LogP contribution is -2.57. The predicted molar refractivity (Wildman–Crippen MR) is 149 cm³/mol. The van der Waals surface area contributed by atoms with E-state index >= 15 is 0 Å². The quantitative estimate of drug-likeness (QED) is 0.356. The number of aliphatic hydroxyl groups is 1. The smallest absolute Gasteiger partial charge is 0.407 e. The first-order chi connectivity index (χ1) is 20.8. The number of sulfonamides is 1. The standard InChI is InChI=1S/C29H36N2O11S/c32-25(23(14-19-4-2-1-3-5-19)31(29(33)34)24-17-39-28-22(24)10-13-38-28)16-30(42-20-8-11-37-12-9-20)43(35,36)21-6-7-26-27(15-21)41-18-40-26/h1-7,15,20,22-25,28,32H,8-14,16-18H2,(H,33,34)/t22-,23?,24-,25?,28+/m0/s1. The molecule has 1 amide bonds. The molecule has 0 saturated carbocycles. The molecular weight excluding hydrogens is 584 g/mol. The Balaban J connectivity index is 1.32. The molecule has 0 spiro atoms. The van der Waals surface area contributed by atoms with Crippen LogP contribution in [-0.4, -0.2) is 104 Å². The third-order valence-electron chi connectivity index (χ3n) is 8.36. The third-order valence-corrected chi connectivity index (χ3v) is 9.98. The zero-order valence-corrected chi connectivity index (χ0v) is 24.3. The molecule has 0 aliphatic carbocycles. The molecule has 0 aromatic heterocycles. The normalized spacial score (nSPS) is 25.0. The Bertz CT molecular complexity index is 1370. The van der Waals surface area contributed by atoms with Crippen LogP contribution in [0.4, 0.5) is 4.79 Å². The molecule has 4 aliphatic rings. The zero-order chi connectivity index (χ0) is 30.0. The van der Waals surface area contributed by atoms with E-state index in [9.17, 15) is 23.4 Å². The van der Waals surface area contributed by atoms with Gasteiger partial charge in [-0.15, -0.1) is 0 Å². The molecule has 0 bridgehead atoms. The monoisotopic (exact) mass is 620 g/mol. The highest BCUT2D eigenvalue weighted by atomic mass is 32.2. The van der Waals surface area contributed by atoms with Gasteiger partial charge in [-0.25, -0.2) is 13.2 Å². The van der Waals surface area contributed by atoms with Gasteiger partial charge in [0.1, 0.15) is 0 Å². The van der Waals surface area contributed by atoms with Gasteiger partial charge in [0.25, 0.3) is 10.0 Å². The lowest BCUT2D eigenvalue weighted by molar-refractivity contribution is -0.172. The van der Waals surface area contributed by atoms with E-state index < -0.39 is 53.2 Å². The number of hydrogen-bond donors (Lipinski definition) is 2. The van der Waals surface area contributed by atoms with E-state index in [-0.39, 0.29) is 36.4 Å². The number of ether oxygens (including phenoxy) is 5. The molecule has 3 fully saturated rings. The van der Waals surface area contributed by atoms with Crippen molar-refractivity contribution in [3.63, 3.8) is 0 Å². The van der Waals surface area contributed by atoms with Crippen molar-refractivity contribution in [2.45, 2.75) is 61.2 Å². The summed E-state index contributed by atoms with van der Waals surface area (Å²) in [5.74, 6) is 0.499. The van der Waals surface area contributed by atoms with Crippen molar-refractivity contribution in [3.8, 4) is 11.5 Å². The number of amides is 1. The summed E-state index contributed by atoms with van der Waals surface area (Å²) in [5, 5.41) is 22.3. The van der Waals surface area contributed by atoms with Crippen LogP contribution in [0.25, 0.3) is 0 Å². The first kappa shape index (κ1) is 30.1. The van der Waals surface area contributed by atoms with Gasteiger partial charge in [0, 0.05) is 25.2 Å². The molecule has 2 aromatic rings. The van der Waals surface area contributed by atoms with Crippen molar-refractivity contribution >= 4 is 16.1 Å². The first-order valence-electron chi connectivity index (χ1n) is 14.4. The Kier molecular flexibility index (Phi) is 9.05. The van der Waals surface area contributed by atoms with Crippen molar-refractivity contribution in [2.75, 3.05) is 39.8 Å². The van der Waals surface area contributed by atoms with E-state index in [2.05, 4.69) is 0 Å². The van der Waals surface area contributed by atoms with Crippen LogP contribution in [0.1, 0.15) is 24.8 Å². The predicted octanol–water partition coefficient (Wildman–Crippen LogP) is 2.23. The highest BCUT2D eigenvalue weighted by molar-refractivity contribution is 7.89. The number of fused-ring (bicyclic) bond motifs is 2. The summed E-state index contributed by atoms with van der Waals surface area (Å²) in [6.07, 6.45) is -2.03. The van der Waals surface area contributed by atoms with Crippen LogP contribution in [0.3, 0.4) is 0 Å². The number of nitrogens with zero attached hydrogens (tertiary/aromatic N) is 2. The van der Waals surface area contributed by atoms with Gasteiger partial charge < -0.3 is 33.9 Å². The summed E-state index contributed by atoms with van der Waals surface area (Å²) < 4.78 is 56.4. The Morgan fingerprint density at radius 3 is 2.53 bits per heavy atom. The minimum absolute atomic E-state index is 0.0240. The van der Waals surface area contributed by atoms with E-state index in [1.807, 2.05) is 30.3 Å². The summed E-state index contributed by atoms with van der Waals surface area (Å²) in [4.78, 5) is 20.0. The largest absolute Gasteiger partial charge is 0.465 e. The number of rotatable bonds is 11. The van der Waals surface area contributed by atoms with E-state index in [4.69, 9.17) is 28.5 Å². The molecule has 14 heteroatoms. The van der Waals surface area contributed by atoms with Crippen molar-refractivity contribution in [1.29, 1.82) is 0 Å². The van der Waals surface area contributed by atoms with Crippen LogP contribution in [0.2, 0.25) is 0 Å². The fourth-order valence-corrected chi connectivity index (χ4v) is 7.42. The molecule has 2 aromatic carbocycles. The molecule has 2 N–H and O–H groups in total. The van der Waals surface area contributed by atoms with Gasteiger partial charge in [0.05, 0.1) is 48.9 Å². The Morgan fingerprint density at radius 2 is 1.77 bits per heavy atom. The van der Waals surface area contributed by atoms with Crippen molar-refractivity contribution in [1.82, 2.24) is 9.37 Å². The maximum Gasteiger partial charge on any atom is 0.407 e. The van der Waals surface area contributed by atoms with Crippen LogP contribution in [-0.2, 0) is 35.5 Å². The van der Waals surface area contributed by atoms with Crippen LogP contribution >= 0.6 is 0 Å². The average Bonchev–Trinajstić information content (AvgIpc) is 3.76. The number of carboxylic acid groups (broad SMARTS) is 1. The Hall–Kier alpha value is -2.98. The van der Waals surface area contributed by atoms with E-state index in [0.717, 1.165) is 10.0 Å². The maximum atomic E-state index is 14.0. The number of carbonyl (C=O) groups is 1. The number of benzene rings is 2. The fraction of sp³-hybridized carbons (Fsp3) is 0.552. The first-order valence-corrected chi connectivity index (χ1v) is 15.9. The van der Waals surface area contributed by atoms with Crippen LogP contribution in [0.5, 0.6) is 11.5 Å². The van der Waals surface area contributed by atoms with E-state index in [1.165, 1.54) is 23.1 Å². The molecular formula is C29H36N2O11S. The van der Waals surface area contributed by atoms with Crippen LogP contribution in [0, 0.1) is 5.92 Å². The minimum Gasteiger partial charge on any atom is -0.465 e. The summed E-state index contributed by atoms with van der Waals surface area (Å²) in [5.41, 5.74) is 0.784. The molecule has 6 rings (SSSR count).